The van der Waals surface area contributed by atoms with Gasteiger partial charge in [0.2, 0.25) is 0 Å². The topological polar surface area (TPSA) is 9.23 Å². The van der Waals surface area contributed by atoms with Crippen molar-refractivity contribution in [3.63, 3.8) is 0 Å². The molecular formula is C25H23F3O. The van der Waals surface area contributed by atoms with Gasteiger partial charge in [-0.3, -0.25) is 0 Å². The Morgan fingerprint density at radius 1 is 0.966 bits per heavy atom. The van der Waals surface area contributed by atoms with Crippen LogP contribution in [0, 0.1) is 5.82 Å². The van der Waals surface area contributed by atoms with Crippen LogP contribution < -0.4 is 4.74 Å². The molecule has 0 unspecified atom stereocenters. The van der Waals surface area contributed by atoms with Gasteiger partial charge in [0.1, 0.15) is 11.6 Å². The predicted molar refractivity (Wildman–Crippen MR) is 114 cm³/mol. The quantitative estimate of drug-likeness (QED) is 0.294. The Bertz CT molecular complexity index is 1050. The minimum Gasteiger partial charge on any atom is -0.494 e. The molecule has 3 aromatic rings. The Labute approximate surface area is 169 Å². The van der Waals surface area contributed by atoms with Gasteiger partial charge in [-0.05, 0) is 61.9 Å². The second-order valence-electron chi connectivity index (χ2n) is 6.68. The molecule has 0 radical (unpaired) electrons. The lowest BCUT2D eigenvalue weighted by Crippen LogP contribution is -1.94. The number of hydrogen-bond donors (Lipinski definition) is 0. The first-order valence-corrected chi connectivity index (χ1v) is 9.66. The summed E-state index contributed by atoms with van der Waals surface area (Å²) < 4.78 is 49.7. The van der Waals surface area contributed by atoms with E-state index < -0.39 is 23.0 Å². The largest absolute Gasteiger partial charge is 0.494 e. The highest BCUT2D eigenvalue weighted by atomic mass is 19.2. The smallest absolute Gasteiger partial charge is 0.169 e. The van der Waals surface area contributed by atoms with Crippen LogP contribution in [-0.2, 0) is 6.42 Å². The molecule has 0 spiro atoms. The van der Waals surface area contributed by atoms with Crippen LogP contribution in [0.3, 0.4) is 0 Å². The van der Waals surface area contributed by atoms with Gasteiger partial charge in [0.15, 0.2) is 11.7 Å². The van der Waals surface area contributed by atoms with Crippen molar-refractivity contribution in [2.75, 3.05) is 6.61 Å². The summed E-state index contributed by atoms with van der Waals surface area (Å²) >= 11 is 0. The fraction of sp³-hybridized carbons (Fsp3) is 0.200. The minimum absolute atomic E-state index is 0.0866. The highest BCUT2D eigenvalue weighted by Crippen LogP contribution is 2.34. The van der Waals surface area contributed by atoms with Gasteiger partial charge in [-0.15, -0.1) is 0 Å². The lowest BCUT2D eigenvalue weighted by molar-refractivity contribution is 0.340. The molecule has 3 rings (SSSR count). The van der Waals surface area contributed by atoms with Crippen molar-refractivity contribution in [1.82, 2.24) is 0 Å². The number of benzene rings is 3. The summed E-state index contributed by atoms with van der Waals surface area (Å²) in [6.45, 7) is 4.30. The number of fused-ring (bicyclic) bond motifs is 1. The zero-order valence-corrected chi connectivity index (χ0v) is 16.5. The number of allylic oxidation sites excluding steroid dienone is 2. The monoisotopic (exact) mass is 396 g/mol. The highest BCUT2D eigenvalue weighted by molar-refractivity contribution is 5.91. The fourth-order valence-electron chi connectivity index (χ4n) is 3.18. The van der Waals surface area contributed by atoms with Crippen LogP contribution in [0.1, 0.15) is 37.0 Å². The fourth-order valence-corrected chi connectivity index (χ4v) is 3.18. The molecule has 0 amide bonds. The number of ether oxygens (including phenoxy) is 1. The highest BCUT2D eigenvalue weighted by Gasteiger charge is 2.17. The standard InChI is InChI=1S/C25H23F3O/c1-3-5-6-7-17-8-10-18(11-9-17)23(26)25(28)22-14-12-19-16-20(29-4-2)13-15-21(19)24(22)27/h3,5,8-16H,4,6-7H2,1-2H3/b5-3+,25-23?. The van der Waals surface area contributed by atoms with E-state index in [1.165, 1.54) is 24.3 Å². The van der Waals surface area contributed by atoms with E-state index in [-0.39, 0.29) is 10.9 Å². The molecule has 0 aliphatic carbocycles. The third kappa shape index (κ3) is 4.70. The molecular weight excluding hydrogens is 373 g/mol. The average Bonchev–Trinajstić information content (AvgIpc) is 2.74. The molecule has 0 heterocycles. The minimum atomic E-state index is -1.21. The van der Waals surface area contributed by atoms with Gasteiger partial charge < -0.3 is 4.74 Å². The van der Waals surface area contributed by atoms with Crippen LogP contribution in [0.15, 0.2) is 66.7 Å². The zero-order valence-electron chi connectivity index (χ0n) is 16.5. The normalized spacial score (nSPS) is 12.4. The van der Waals surface area contributed by atoms with Gasteiger partial charge in [-0.25, -0.2) is 13.2 Å². The first kappa shape index (κ1) is 20.7. The first-order chi connectivity index (χ1) is 14.0. The number of halogens is 3. The summed E-state index contributed by atoms with van der Waals surface area (Å²) in [4.78, 5) is 0. The summed E-state index contributed by atoms with van der Waals surface area (Å²) in [5.41, 5.74) is 0.724. The predicted octanol–water partition coefficient (Wildman–Crippen LogP) is 7.65. The maximum atomic E-state index is 14.9. The summed E-state index contributed by atoms with van der Waals surface area (Å²) in [6, 6.07) is 14.2. The Kier molecular flexibility index (Phi) is 6.76. The van der Waals surface area contributed by atoms with Crippen molar-refractivity contribution in [3.05, 3.63) is 89.3 Å². The molecule has 0 aliphatic rings. The maximum absolute atomic E-state index is 14.9. The molecule has 0 N–H and O–H groups in total. The molecule has 0 saturated heterocycles. The van der Waals surface area contributed by atoms with Gasteiger partial charge in [-0.1, -0.05) is 42.5 Å². The summed E-state index contributed by atoms with van der Waals surface area (Å²) in [6.07, 6.45) is 5.73. The molecule has 150 valence electrons. The van der Waals surface area contributed by atoms with E-state index in [0.29, 0.717) is 17.7 Å². The van der Waals surface area contributed by atoms with E-state index in [0.717, 1.165) is 18.4 Å². The van der Waals surface area contributed by atoms with Gasteiger partial charge in [0.25, 0.3) is 0 Å². The lowest BCUT2D eigenvalue weighted by Gasteiger charge is -2.09. The number of aryl methyl sites for hydroxylation is 1. The molecule has 0 aromatic heterocycles. The van der Waals surface area contributed by atoms with Crippen molar-refractivity contribution in [3.8, 4) is 5.75 Å². The molecule has 0 bridgehead atoms. The van der Waals surface area contributed by atoms with Crippen molar-refractivity contribution in [2.24, 2.45) is 0 Å². The van der Waals surface area contributed by atoms with Crippen LogP contribution in [0.5, 0.6) is 5.75 Å². The first-order valence-electron chi connectivity index (χ1n) is 9.66. The van der Waals surface area contributed by atoms with Crippen LogP contribution in [0.2, 0.25) is 0 Å². The van der Waals surface area contributed by atoms with E-state index in [9.17, 15) is 13.2 Å². The Balaban J connectivity index is 1.92. The van der Waals surface area contributed by atoms with E-state index in [2.05, 4.69) is 0 Å². The summed E-state index contributed by atoms with van der Waals surface area (Å²) in [5.74, 6) is -2.47. The van der Waals surface area contributed by atoms with E-state index in [1.807, 2.05) is 26.0 Å². The molecule has 0 saturated carbocycles. The Morgan fingerprint density at radius 2 is 1.72 bits per heavy atom. The van der Waals surface area contributed by atoms with Gasteiger partial charge in [0, 0.05) is 16.5 Å². The SMILES string of the molecule is C/C=C/CCc1ccc(C(F)=C(F)c2ccc3cc(OCC)ccc3c2F)cc1. The number of hydrogen-bond acceptors (Lipinski definition) is 1. The van der Waals surface area contributed by atoms with Crippen molar-refractivity contribution >= 4 is 22.4 Å². The van der Waals surface area contributed by atoms with Gasteiger partial charge in [0.05, 0.1) is 6.61 Å². The molecule has 29 heavy (non-hydrogen) atoms. The molecule has 4 heteroatoms. The zero-order chi connectivity index (χ0) is 20.8. The lowest BCUT2D eigenvalue weighted by atomic mass is 10.0. The third-order valence-electron chi connectivity index (χ3n) is 4.71. The maximum Gasteiger partial charge on any atom is 0.169 e. The van der Waals surface area contributed by atoms with Crippen molar-refractivity contribution in [2.45, 2.75) is 26.7 Å². The van der Waals surface area contributed by atoms with Crippen molar-refractivity contribution < 1.29 is 17.9 Å². The second kappa shape index (κ2) is 9.46. The molecule has 0 aliphatic heterocycles. The van der Waals surface area contributed by atoms with Crippen LogP contribution in [0.4, 0.5) is 13.2 Å². The summed E-state index contributed by atoms with van der Waals surface area (Å²) in [5, 5.41) is 0.782. The molecule has 0 fully saturated rings. The number of rotatable bonds is 7. The third-order valence-corrected chi connectivity index (χ3v) is 4.71. The second-order valence-corrected chi connectivity index (χ2v) is 6.68. The molecule has 1 nitrogen and oxygen atoms in total. The van der Waals surface area contributed by atoms with E-state index in [4.69, 9.17) is 4.74 Å². The molecule has 3 aromatic carbocycles. The Morgan fingerprint density at radius 3 is 2.41 bits per heavy atom. The van der Waals surface area contributed by atoms with Crippen LogP contribution in [-0.4, -0.2) is 6.61 Å². The van der Waals surface area contributed by atoms with Crippen LogP contribution in [0.25, 0.3) is 22.4 Å². The van der Waals surface area contributed by atoms with Gasteiger partial charge in [-0.2, -0.15) is 0 Å². The summed E-state index contributed by atoms with van der Waals surface area (Å²) in [7, 11) is 0. The van der Waals surface area contributed by atoms with Gasteiger partial charge >= 0.3 is 0 Å². The van der Waals surface area contributed by atoms with E-state index in [1.54, 1.807) is 30.3 Å². The van der Waals surface area contributed by atoms with Crippen LogP contribution >= 0.6 is 0 Å². The van der Waals surface area contributed by atoms with Crippen molar-refractivity contribution in [1.29, 1.82) is 0 Å². The molecule has 0 atom stereocenters. The van der Waals surface area contributed by atoms with E-state index >= 15 is 0 Å². The Hall–Kier alpha value is -3.01. The average molecular weight is 396 g/mol.